The number of carbonyl (C=O) groups is 1. The van der Waals surface area contributed by atoms with E-state index in [2.05, 4.69) is 54.5 Å². The third-order valence-corrected chi connectivity index (χ3v) is 10.3. The van der Waals surface area contributed by atoms with Gasteiger partial charge in [0.25, 0.3) is 0 Å². The van der Waals surface area contributed by atoms with E-state index in [4.69, 9.17) is 8.83 Å². The summed E-state index contributed by atoms with van der Waals surface area (Å²) in [6.45, 7) is 11.9. The van der Waals surface area contributed by atoms with E-state index in [0.717, 1.165) is 82.8 Å². The van der Waals surface area contributed by atoms with Gasteiger partial charge in [0.05, 0.1) is 11.1 Å². The molecule has 0 saturated heterocycles. The van der Waals surface area contributed by atoms with Gasteiger partial charge in [-0.15, -0.1) is 0 Å². The van der Waals surface area contributed by atoms with Crippen LogP contribution in [0, 0.1) is 0 Å². The molecule has 0 atom stereocenters. The van der Waals surface area contributed by atoms with Crippen molar-refractivity contribution >= 4 is 81.0 Å². The van der Waals surface area contributed by atoms with Crippen LogP contribution in [0.2, 0.25) is 0 Å². The van der Waals surface area contributed by atoms with Gasteiger partial charge in [0.2, 0.25) is 0 Å². The minimum atomic E-state index is -0.388. The van der Waals surface area contributed by atoms with Crippen LogP contribution in [-0.4, -0.2) is 32.5 Å². The highest BCUT2D eigenvalue weighted by molar-refractivity contribution is 5.86. The molecule has 0 N–H and O–H groups in total. The Morgan fingerprint density at radius 2 is 0.789 bits per heavy atom. The number of hydrogen-bond acceptors (Lipinski definition) is 8. The third-order valence-electron chi connectivity index (χ3n) is 10.3. The molecule has 0 fully saturated rings. The first kappa shape index (κ1) is 38.3. The summed E-state index contributed by atoms with van der Waals surface area (Å²) in [7, 11) is 0. The number of fused-ring (bicyclic) bond motifs is 2. The minimum absolute atomic E-state index is 0.388. The van der Waals surface area contributed by atoms with E-state index in [1.165, 1.54) is 0 Å². The predicted octanol–water partition coefficient (Wildman–Crippen LogP) is 11.2. The molecule has 0 amide bonds. The number of benzene rings is 5. The van der Waals surface area contributed by atoms with Crippen LogP contribution in [0.5, 0.6) is 0 Å². The first-order chi connectivity index (χ1) is 27.8. The van der Waals surface area contributed by atoms with Gasteiger partial charge in [0, 0.05) is 83.1 Å². The molecule has 0 spiro atoms. The number of anilines is 5. The van der Waals surface area contributed by atoms with E-state index in [-0.39, 0.29) is 11.3 Å². The Morgan fingerprint density at radius 3 is 1.14 bits per heavy atom. The van der Waals surface area contributed by atoms with E-state index in [1.54, 1.807) is 24.3 Å². The quantitative estimate of drug-likeness (QED) is 0.0801. The van der Waals surface area contributed by atoms with Gasteiger partial charge in [-0.05, 0) is 136 Å². The Morgan fingerprint density at radius 1 is 0.439 bits per heavy atom. The van der Waals surface area contributed by atoms with Crippen molar-refractivity contribution in [2.45, 2.75) is 27.7 Å². The molecular weight excluding hydrogens is 711 g/mol. The monoisotopic (exact) mass is 755 g/mol. The zero-order chi connectivity index (χ0) is 39.9. The molecule has 0 aliphatic carbocycles. The molecule has 286 valence electrons. The van der Waals surface area contributed by atoms with Crippen LogP contribution < -0.4 is 26.0 Å². The summed E-state index contributed by atoms with van der Waals surface area (Å²) in [6, 6.07) is 39.1. The van der Waals surface area contributed by atoms with Crippen molar-refractivity contribution in [1.29, 1.82) is 0 Å². The van der Waals surface area contributed by atoms with E-state index in [9.17, 15) is 14.4 Å². The summed E-state index contributed by atoms with van der Waals surface area (Å²) in [5.74, 6) is 0. The lowest BCUT2D eigenvalue weighted by Gasteiger charge is -2.25. The van der Waals surface area contributed by atoms with Crippen LogP contribution in [0.25, 0.3) is 46.2 Å². The molecule has 5 aromatic carbocycles. The second kappa shape index (κ2) is 17.3. The van der Waals surface area contributed by atoms with Crippen LogP contribution >= 0.6 is 0 Å². The van der Waals surface area contributed by atoms with Gasteiger partial charge in [-0.2, -0.15) is 0 Å². The van der Waals surface area contributed by atoms with Crippen molar-refractivity contribution in [3.63, 3.8) is 0 Å². The molecule has 7 rings (SSSR count). The van der Waals surface area contributed by atoms with Gasteiger partial charge in [0.1, 0.15) is 17.5 Å². The second-order valence-corrected chi connectivity index (χ2v) is 13.7. The Hall–Kier alpha value is -6.93. The highest BCUT2D eigenvalue weighted by atomic mass is 16.4. The second-order valence-electron chi connectivity index (χ2n) is 13.7. The van der Waals surface area contributed by atoms with Gasteiger partial charge < -0.3 is 23.5 Å². The predicted molar refractivity (Wildman–Crippen MR) is 236 cm³/mol. The molecule has 57 heavy (non-hydrogen) atoms. The number of nitrogens with zero attached hydrogens (tertiary/aromatic N) is 3. The number of rotatable bonds is 14. The Balaban J connectivity index is 1.12. The molecule has 8 heteroatoms. The van der Waals surface area contributed by atoms with E-state index < -0.39 is 0 Å². The third kappa shape index (κ3) is 8.50. The van der Waals surface area contributed by atoms with Crippen molar-refractivity contribution in [2.24, 2.45) is 0 Å². The standard InChI is InChI=1S/C49H45N3O5/c1-5-50(6-2)44-27-19-37-29-39(48(54)56-46(37)31-44)17-9-34-11-21-41(22-12-34)52(43-25-15-36(33-53)16-26-43)42-23-13-35(14-24-42)10-18-40-30-38-20-28-45(51(7-3)8-4)32-47(38)57-49(40)55/h9-33H,5-8H2,1-4H3/b17-9+,18-10+. The number of aldehydes is 1. The van der Waals surface area contributed by atoms with Crippen molar-refractivity contribution < 1.29 is 13.6 Å². The topological polar surface area (TPSA) is 87.2 Å². The van der Waals surface area contributed by atoms with E-state index in [1.807, 2.05) is 109 Å². The summed E-state index contributed by atoms with van der Waals surface area (Å²) in [5.41, 5.74) is 8.45. The maximum atomic E-state index is 12.9. The molecule has 0 aliphatic rings. The summed E-state index contributed by atoms with van der Waals surface area (Å²) in [5, 5.41) is 1.73. The first-order valence-corrected chi connectivity index (χ1v) is 19.4. The van der Waals surface area contributed by atoms with Crippen molar-refractivity contribution in [3.8, 4) is 0 Å². The van der Waals surface area contributed by atoms with Gasteiger partial charge in [-0.3, -0.25) is 4.79 Å². The van der Waals surface area contributed by atoms with Gasteiger partial charge >= 0.3 is 11.3 Å². The molecular formula is C49H45N3O5. The fourth-order valence-corrected chi connectivity index (χ4v) is 7.03. The minimum Gasteiger partial charge on any atom is -0.422 e. The van der Waals surface area contributed by atoms with E-state index >= 15 is 0 Å². The fourth-order valence-electron chi connectivity index (χ4n) is 7.03. The lowest BCUT2D eigenvalue weighted by atomic mass is 10.1. The van der Waals surface area contributed by atoms with Crippen LogP contribution in [0.1, 0.15) is 60.3 Å². The average molecular weight is 756 g/mol. The maximum absolute atomic E-state index is 12.9. The maximum Gasteiger partial charge on any atom is 0.343 e. The molecule has 2 heterocycles. The van der Waals surface area contributed by atoms with Gasteiger partial charge in [-0.25, -0.2) is 9.59 Å². The van der Waals surface area contributed by atoms with Crippen LogP contribution in [-0.2, 0) is 0 Å². The van der Waals surface area contributed by atoms with Gasteiger partial charge in [-0.1, -0.05) is 36.4 Å². The zero-order valence-electron chi connectivity index (χ0n) is 32.6. The smallest absolute Gasteiger partial charge is 0.343 e. The highest BCUT2D eigenvalue weighted by Gasteiger charge is 2.14. The molecule has 0 unspecified atom stereocenters. The van der Waals surface area contributed by atoms with Crippen molar-refractivity contribution in [3.05, 3.63) is 170 Å². The van der Waals surface area contributed by atoms with Crippen molar-refractivity contribution in [2.75, 3.05) is 40.9 Å². The lowest BCUT2D eigenvalue weighted by Crippen LogP contribution is -2.21. The number of carbonyl (C=O) groups excluding carboxylic acids is 1. The average Bonchev–Trinajstić information content (AvgIpc) is 3.24. The van der Waals surface area contributed by atoms with Crippen molar-refractivity contribution in [1.82, 2.24) is 0 Å². The summed E-state index contributed by atoms with van der Waals surface area (Å²) < 4.78 is 11.4. The molecule has 2 aromatic heterocycles. The first-order valence-electron chi connectivity index (χ1n) is 19.4. The molecule has 0 aliphatic heterocycles. The summed E-state index contributed by atoms with van der Waals surface area (Å²) in [6.07, 6.45) is 8.19. The van der Waals surface area contributed by atoms with Crippen LogP contribution in [0.3, 0.4) is 0 Å². The summed E-state index contributed by atoms with van der Waals surface area (Å²) in [4.78, 5) is 43.8. The van der Waals surface area contributed by atoms with Crippen LogP contribution in [0.4, 0.5) is 28.4 Å². The SMILES string of the molecule is CCN(CC)c1ccc2cc(/C=C/c3ccc(N(c4ccc(C=O)cc4)c4ccc(/C=C/c5cc6ccc(N(CC)CC)cc6oc5=O)cc4)cc3)c(=O)oc2c1. The lowest BCUT2D eigenvalue weighted by molar-refractivity contribution is 0.112. The molecule has 0 bridgehead atoms. The Bertz CT molecular complexity index is 2520. The van der Waals surface area contributed by atoms with Gasteiger partial charge in [0.15, 0.2) is 0 Å². The number of hydrogen-bond donors (Lipinski definition) is 0. The molecule has 7 aromatic rings. The largest absolute Gasteiger partial charge is 0.422 e. The normalized spacial score (nSPS) is 11.5. The molecule has 0 saturated carbocycles. The Labute approximate surface area is 332 Å². The van der Waals surface area contributed by atoms with E-state index in [0.29, 0.717) is 27.9 Å². The summed E-state index contributed by atoms with van der Waals surface area (Å²) >= 11 is 0. The molecule has 8 nitrogen and oxygen atoms in total. The Kier molecular flexibility index (Phi) is 11.6. The molecule has 0 radical (unpaired) electrons. The fraction of sp³-hybridized carbons (Fsp3) is 0.163. The van der Waals surface area contributed by atoms with Crippen LogP contribution in [0.15, 0.2) is 140 Å². The highest BCUT2D eigenvalue weighted by Crippen LogP contribution is 2.35. The zero-order valence-corrected chi connectivity index (χ0v) is 32.6.